The Kier molecular flexibility index (Phi) is 7.89. The van der Waals surface area contributed by atoms with Gasteiger partial charge >= 0.3 is 0 Å². The van der Waals surface area contributed by atoms with Gasteiger partial charge < -0.3 is 25.0 Å². The molecule has 0 aliphatic carbocycles. The van der Waals surface area contributed by atoms with Crippen LogP contribution in [0.1, 0.15) is 17.7 Å². The van der Waals surface area contributed by atoms with Crippen LogP contribution in [0.2, 0.25) is 4.34 Å². The Morgan fingerprint density at radius 1 is 1.17 bits per heavy atom. The molecule has 2 N–H and O–H groups in total. The molecule has 0 saturated carbocycles. The van der Waals surface area contributed by atoms with Gasteiger partial charge in [-0.15, -0.1) is 11.3 Å². The lowest BCUT2D eigenvalue weighted by atomic mass is 10.0. The molecule has 3 rings (SSSR count). The number of nitrogens with zero attached hydrogens (tertiary/aromatic N) is 2. The van der Waals surface area contributed by atoms with E-state index in [-0.39, 0.29) is 0 Å². The van der Waals surface area contributed by atoms with Crippen molar-refractivity contribution in [3.05, 3.63) is 39.5 Å². The minimum Gasteiger partial charge on any atom is -0.497 e. The number of guanidine groups is 1. The number of hydrogen-bond acceptors (Lipinski definition) is 5. The summed E-state index contributed by atoms with van der Waals surface area (Å²) in [6, 6.07) is 10.5. The molecule has 8 heteroatoms. The molecule has 0 amide bonds. The molecule has 6 nitrogen and oxygen atoms in total. The number of thiophene rings is 1. The second kappa shape index (κ2) is 10.6. The Labute approximate surface area is 181 Å². The lowest BCUT2D eigenvalue weighted by Gasteiger charge is -2.34. The molecule has 0 unspecified atom stereocenters. The highest BCUT2D eigenvalue weighted by atomic mass is 35.5. The third-order valence-electron chi connectivity index (χ3n) is 5.05. The van der Waals surface area contributed by atoms with Gasteiger partial charge in [0.25, 0.3) is 0 Å². The van der Waals surface area contributed by atoms with Gasteiger partial charge in [0.1, 0.15) is 11.5 Å². The molecule has 0 spiro atoms. The minimum absolute atomic E-state index is 0.404. The Balaban J connectivity index is 1.47. The molecule has 2 heterocycles. The van der Waals surface area contributed by atoms with Crippen LogP contribution in [0.15, 0.2) is 35.3 Å². The average Bonchev–Trinajstić information content (AvgIpc) is 3.18. The summed E-state index contributed by atoms with van der Waals surface area (Å²) in [4.78, 5) is 8.02. The molecule has 0 bridgehead atoms. The number of ether oxygens (including phenoxy) is 2. The van der Waals surface area contributed by atoms with E-state index in [4.69, 9.17) is 21.1 Å². The molecule has 2 aromatic rings. The van der Waals surface area contributed by atoms with Crippen molar-refractivity contribution in [1.82, 2.24) is 10.6 Å². The largest absolute Gasteiger partial charge is 0.497 e. The zero-order chi connectivity index (χ0) is 20.6. The highest BCUT2D eigenvalue weighted by Crippen LogP contribution is 2.30. The standard InChI is InChI=1S/C21H29ClN4O2S/c1-23-21(24-9-6-19-4-5-20(22)29-19)25-15-7-10-26(11-8-15)16-12-17(27-2)14-18(13-16)28-3/h4-5,12-15H,6-11H2,1-3H3,(H2,23,24,25). The summed E-state index contributed by atoms with van der Waals surface area (Å²) in [5.74, 6) is 2.49. The summed E-state index contributed by atoms with van der Waals surface area (Å²) >= 11 is 7.62. The van der Waals surface area contributed by atoms with Crippen molar-refractivity contribution < 1.29 is 9.47 Å². The molecule has 1 aromatic heterocycles. The normalized spacial score (nSPS) is 15.3. The van der Waals surface area contributed by atoms with Crippen molar-refractivity contribution in [2.75, 3.05) is 45.8 Å². The van der Waals surface area contributed by atoms with Crippen LogP contribution in [0.5, 0.6) is 11.5 Å². The number of anilines is 1. The Hall–Kier alpha value is -2.12. The van der Waals surface area contributed by atoms with Crippen LogP contribution >= 0.6 is 22.9 Å². The molecule has 1 aromatic carbocycles. The van der Waals surface area contributed by atoms with Crippen LogP contribution in [0.3, 0.4) is 0 Å². The number of hydrogen-bond donors (Lipinski definition) is 2. The topological polar surface area (TPSA) is 58.1 Å². The van der Waals surface area contributed by atoms with E-state index in [9.17, 15) is 0 Å². The van der Waals surface area contributed by atoms with Crippen molar-refractivity contribution in [1.29, 1.82) is 0 Å². The first kappa shape index (κ1) is 21.6. The van der Waals surface area contributed by atoms with Crippen LogP contribution in [0.25, 0.3) is 0 Å². The van der Waals surface area contributed by atoms with Gasteiger partial charge in [-0.25, -0.2) is 0 Å². The maximum absolute atomic E-state index is 5.99. The third kappa shape index (κ3) is 6.18. The van der Waals surface area contributed by atoms with Crippen molar-refractivity contribution in [2.24, 2.45) is 4.99 Å². The molecule has 1 aliphatic rings. The first-order valence-corrected chi connectivity index (χ1v) is 11.0. The summed E-state index contributed by atoms with van der Waals surface area (Å²) < 4.78 is 11.6. The lowest BCUT2D eigenvalue weighted by molar-refractivity contribution is 0.393. The van der Waals surface area contributed by atoms with E-state index in [0.717, 1.165) is 66.4 Å². The van der Waals surface area contributed by atoms with Crippen molar-refractivity contribution in [3.63, 3.8) is 0 Å². The van der Waals surface area contributed by atoms with Gasteiger partial charge in [-0.2, -0.15) is 0 Å². The smallest absolute Gasteiger partial charge is 0.191 e. The van der Waals surface area contributed by atoms with Crippen LogP contribution in [-0.4, -0.2) is 52.9 Å². The number of benzene rings is 1. The number of aliphatic imine (C=N–C) groups is 1. The van der Waals surface area contributed by atoms with E-state index in [2.05, 4.69) is 38.7 Å². The van der Waals surface area contributed by atoms with Crippen molar-refractivity contribution in [3.8, 4) is 11.5 Å². The van der Waals surface area contributed by atoms with E-state index in [1.54, 1.807) is 25.6 Å². The van der Waals surface area contributed by atoms with Gasteiger partial charge in [0.05, 0.1) is 18.6 Å². The lowest BCUT2D eigenvalue weighted by Crippen LogP contribution is -2.49. The number of piperidine rings is 1. The summed E-state index contributed by atoms with van der Waals surface area (Å²) in [5.41, 5.74) is 1.14. The summed E-state index contributed by atoms with van der Waals surface area (Å²) in [7, 11) is 5.18. The van der Waals surface area contributed by atoms with Crippen LogP contribution in [0, 0.1) is 0 Å². The summed E-state index contributed by atoms with van der Waals surface area (Å²) in [6.45, 7) is 2.77. The number of halogens is 1. The molecule has 29 heavy (non-hydrogen) atoms. The number of rotatable bonds is 7. The Morgan fingerprint density at radius 2 is 1.86 bits per heavy atom. The predicted octanol–water partition coefficient (Wildman–Crippen LogP) is 3.80. The molecule has 1 aliphatic heterocycles. The van der Waals surface area contributed by atoms with E-state index in [1.165, 1.54) is 4.88 Å². The van der Waals surface area contributed by atoms with Gasteiger partial charge in [0, 0.05) is 61.5 Å². The highest BCUT2D eigenvalue weighted by molar-refractivity contribution is 7.16. The SMILES string of the molecule is CN=C(NCCc1ccc(Cl)s1)NC1CCN(c2cc(OC)cc(OC)c2)CC1. The zero-order valence-corrected chi connectivity index (χ0v) is 18.8. The van der Waals surface area contributed by atoms with E-state index in [0.29, 0.717) is 6.04 Å². The van der Waals surface area contributed by atoms with Crippen molar-refractivity contribution in [2.45, 2.75) is 25.3 Å². The Morgan fingerprint density at radius 3 is 2.41 bits per heavy atom. The van der Waals surface area contributed by atoms with Crippen LogP contribution < -0.4 is 25.0 Å². The molecule has 158 valence electrons. The van der Waals surface area contributed by atoms with Crippen LogP contribution in [0.4, 0.5) is 5.69 Å². The maximum Gasteiger partial charge on any atom is 0.191 e. The van der Waals surface area contributed by atoms with Gasteiger partial charge in [0.15, 0.2) is 5.96 Å². The molecule has 1 saturated heterocycles. The first-order chi connectivity index (χ1) is 14.1. The Bertz CT molecular complexity index is 797. The van der Waals surface area contributed by atoms with Crippen LogP contribution in [-0.2, 0) is 6.42 Å². The summed E-state index contributed by atoms with van der Waals surface area (Å²) in [6.07, 6.45) is 3.02. The fourth-order valence-corrected chi connectivity index (χ4v) is 4.52. The second-order valence-corrected chi connectivity index (χ2v) is 8.73. The van der Waals surface area contributed by atoms with Gasteiger partial charge in [-0.05, 0) is 31.4 Å². The molecule has 0 atom stereocenters. The van der Waals surface area contributed by atoms with E-state index in [1.807, 2.05) is 19.2 Å². The first-order valence-electron chi connectivity index (χ1n) is 9.80. The quantitative estimate of drug-likeness (QED) is 0.510. The van der Waals surface area contributed by atoms with E-state index >= 15 is 0 Å². The number of nitrogens with one attached hydrogen (secondary N) is 2. The fourth-order valence-electron chi connectivity index (χ4n) is 3.44. The number of methoxy groups -OCH3 is 2. The molecular formula is C21H29ClN4O2S. The van der Waals surface area contributed by atoms with Gasteiger partial charge in [0.2, 0.25) is 0 Å². The van der Waals surface area contributed by atoms with Crippen molar-refractivity contribution >= 4 is 34.6 Å². The monoisotopic (exact) mass is 436 g/mol. The molecule has 0 radical (unpaired) electrons. The average molecular weight is 437 g/mol. The summed E-state index contributed by atoms with van der Waals surface area (Å²) in [5, 5.41) is 6.96. The van der Waals surface area contributed by atoms with Gasteiger partial charge in [-0.1, -0.05) is 11.6 Å². The predicted molar refractivity (Wildman–Crippen MR) is 122 cm³/mol. The minimum atomic E-state index is 0.404. The van der Waals surface area contributed by atoms with E-state index < -0.39 is 0 Å². The second-order valence-electron chi connectivity index (χ2n) is 6.93. The maximum atomic E-state index is 5.99. The highest BCUT2D eigenvalue weighted by Gasteiger charge is 2.21. The zero-order valence-electron chi connectivity index (χ0n) is 17.2. The third-order valence-corrected chi connectivity index (χ3v) is 6.34. The molecular weight excluding hydrogens is 408 g/mol. The fraction of sp³-hybridized carbons (Fsp3) is 0.476. The molecule has 1 fully saturated rings. The van der Waals surface area contributed by atoms with Gasteiger partial charge in [-0.3, -0.25) is 4.99 Å².